The Morgan fingerprint density at radius 2 is 1.88 bits per heavy atom. The molecule has 34 heavy (non-hydrogen) atoms. The average molecular weight is 478 g/mol. The van der Waals surface area contributed by atoms with E-state index < -0.39 is 0 Å². The van der Waals surface area contributed by atoms with E-state index in [0.717, 1.165) is 27.7 Å². The van der Waals surface area contributed by atoms with Crippen LogP contribution in [0.25, 0.3) is 22.2 Å². The second-order valence-electron chi connectivity index (χ2n) is 7.57. The van der Waals surface area contributed by atoms with Gasteiger partial charge < -0.3 is 15.4 Å². The molecule has 0 saturated carbocycles. The van der Waals surface area contributed by atoms with E-state index in [1.54, 1.807) is 38.8 Å². The standard InChI is InChI=1S/C24H25N7O2.H2S/c1-15(17-5-4-6-18-19(24(32)25-2)7-8-26-23(17)18)10-27-21-9-20(30-14-31-21)16-11-28-22(13-33-3)29-12-16;/h4-9,11-12,14-15H,10,13H2,1-3H3,(H,25,32)(H,27,30,31);1H2/t15-;/m1./s1. The molecule has 4 rings (SSSR count). The third kappa shape index (κ3) is 5.46. The Balaban J connectivity index is 0.00000324. The molecule has 9 nitrogen and oxygen atoms in total. The van der Waals surface area contributed by atoms with E-state index in [4.69, 9.17) is 4.74 Å². The van der Waals surface area contributed by atoms with Crippen molar-refractivity contribution in [3.63, 3.8) is 0 Å². The highest BCUT2D eigenvalue weighted by Crippen LogP contribution is 2.27. The van der Waals surface area contributed by atoms with E-state index in [1.807, 2.05) is 24.3 Å². The number of carbonyl (C=O) groups is 1. The van der Waals surface area contributed by atoms with E-state index >= 15 is 0 Å². The maximum atomic E-state index is 12.2. The number of anilines is 1. The monoisotopic (exact) mass is 477 g/mol. The Morgan fingerprint density at radius 1 is 1.09 bits per heavy atom. The lowest BCUT2D eigenvalue weighted by Gasteiger charge is -2.16. The van der Waals surface area contributed by atoms with Gasteiger partial charge in [0.25, 0.3) is 5.91 Å². The van der Waals surface area contributed by atoms with Crippen LogP contribution in [0.1, 0.15) is 34.6 Å². The van der Waals surface area contributed by atoms with Crippen molar-refractivity contribution in [3.8, 4) is 11.3 Å². The minimum absolute atomic E-state index is 0. The van der Waals surface area contributed by atoms with Crippen LogP contribution in [0.15, 0.2) is 55.2 Å². The van der Waals surface area contributed by atoms with Gasteiger partial charge in [-0.2, -0.15) is 13.5 Å². The Morgan fingerprint density at radius 3 is 2.62 bits per heavy atom. The first kappa shape index (κ1) is 25.0. The van der Waals surface area contributed by atoms with Gasteiger partial charge in [-0.25, -0.2) is 19.9 Å². The number of carbonyl (C=O) groups excluding carboxylic acids is 1. The maximum absolute atomic E-state index is 12.2. The topological polar surface area (TPSA) is 115 Å². The summed E-state index contributed by atoms with van der Waals surface area (Å²) in [5.41, 5.74) is 4.02. The summed E-state index contributed by atoms with van der Waals surface area (Å²) in [6, 6.07) is 9.53. The van der Waals surface area contributed by atoms with Gasteiger partial charge in [0, 0.05) is 62.2 Å². The number of para-hydroxylation sites is 1. The zero-order valence-corrected chi connectivity index (χ0v) is 20.2. The van der Waals surface area contributed by atoms with Crippen molar-refractivity contribution in [1.82, 2.24) is 30.2 Å². The van der Waals surface area contributed by atoms with E-state index in [-0.39, 0.29) is 25.3 Å². The van der Waals surface area contributed by atoms with Crippen LogP contribution in [0.5, 0.6) is 0 Å². The van der Waals surface area contributed by atoms with Crippen LogP contribution in [0, 0.1) is 0 Å². The van der Waals surface area contributed by atoms with Crippen LogP contribution in [0.4, 0.5) is 5.82 Å². The number of nitrogens with zero attached hydrogens (tertiary/aromatic N) is 5. The summed E-state index contributed by atoms with van der Waals surface area (Å²) in [6.45, 7) is 3.10. The second kappa shape index (κ2) is 11.5. The maximum Gasteiger partial charge on any atom is 0.251 e. The SMILES string of the molecule is CNC(=O)c1ccnc2c([C@H](C)CNc3cc(-c4cnc(COC)nc4)ncn3)cccc12.S. The number of benzene rings is 1. The minimum atomic E-state index is -0.127. The number of methoxy groups -OCH3 is 1. The molecule has 4 aromatic rings. The highest BCUT2D eigenvalue weighted by molar-refractivity contribution is 7.59. The predicted molar refractivity (Wildman–Crippen MR) is 136 cm³/mol. The van der Waals surface area contributed by atoms with Gasteiger partial charge in [0.05, 0.1) is 16.8 Å². The van der Waals surface area contributed by atoms with E-state index in [2.05, 4.69) is 42.5 Å². The molecule has 0 fully saturated rings. The summed E-state index contributed by atoms with van der Waals surface area (Å²) in [4.78, 5) is 34.0. The molecular formula is C24H27N7O2S. The molecule has 176 valence electrons. The Labute approximate surface area is 204 Å². The Kier molecular flexibility index (Phi) is 8.44. The molecule has 3 aromatic heterocycles. The van der Waals surface area contributed by atoms with Crippen molar-refractivity contribution in [1.29, 1.82) is 0 Å². The van der Waals surface area contributed by atoms with Crippen LogP contribution in [0.3, 0.4) is 0 Å². The highest BCUT2D eigenvalue weighted by Gasteiger charge is 2.15. The molecule has 1 atom stereocenters. The molecule has 2 N–H and O–H groups in total. The van der Waals surface area contributed by atoms with Crippen LogP contribution in [-0.4, -0.2) is 51.5 Å². The lowest BCUT2D eigenvalue weighted by molar-refractivity contribution is 0.0964. The first-order valence-electron chi connectivity index (χ1n) is 10.6. The average Bonchev–Trinajstić information content (AvgIpc) is 2.87. The summed E-state index contributed by atoms with van der Waals surface area (Å²) in [5.74, 6) is 1.31. The predicted octanol–water partition coefficient (Wildman–Crippen LogP) is 3.32. The van der Waals surface area contributed by atoms with Gasteiger partial charge in [0.15, 0.2) is 5.82 Å². The van der Waals surface area contributed by atoms with Crippen molar-refractivity contribution < 1.29 is 9.53 Å². The summed E-state index contributed by atoms with van der Waals surface area (Å²) in [5, 5.41) is 6.90. The summed E-state index contributed by atoms with van der Waals surface area (Å²) in [6.07, 6.45) is 6.64. The minimum Gasteiger partial charge on any atom is -0.377 e. The van der Waals surface area contributed by atoms with Gasteiger partial charge in [-0.1, -0.05) is 25.1 Å². The van der Waals surface area contributed by atoms with E-state index in [0.29, 0.717) is 30.4 Å². The first-order valence-corrected chi connectivity index (χ1v) is 10.6. The zero-order valence-electron chi connectivity index (χ0n) is 19.2. The number of hydrogen-bond donors (Lipinski definition) is 2. The first-order chi connectivity index (χ1) is 16.1. The number of amides is 1. The van der Waals surface area contributed by atoms with Crippen molar-refractivity contribution in [2.75, 3.05) is 26.0 Å². The Hall–Kier alpha value is -3.63. The fraction of sp³-hybridized carbons (Fsp3) is 0.250. The summed E-state index contributed by atoms with van der Waals surface area (Å²) < 4.78 is 5.05. The molecule has 0 bridgehead atoms. The van der Waals surface area contributed by atoms with Crippen LogP contribution >= 0.6 is 13.5 Å². The number of hydrogen-bond acceptors (Lipinski definition) is 8. The van der Waals surface area contributed by atoms with E-state index in [9.17, 15) is 4.79 Å². The summed E-state index contributed by atoms with van der Waals surface area (Å²) in [7, 11) is 3.23. The van der Waals surface area contributed by atoms with Gasteiger partial charge in [-0.3, -0.25) is 9.78 Å². The van der Waals surface area contributed by atoms with Crippen molar-refractivity contribution in [2.24, 2.45) is 0 Å². The molecule has 0 radical (unpaired) electrons. The number of fused-ring (bicyclic) bond motifs is 1. The molecular weight excluding hydrogens is 450 g/mol. The fourth-order valence-electron chi connectivity index (χ4n) is 3.60. The molecule has 10 heteroatoms. The number of ether oxygens (including phenoxy) is 1. The number of aromatic nitrogens is 5. The largest absolute Gasteiger partial charge is 0.377 e. The number of pyridine rings is 1. The van der Waals surface area contributed by atoms with Crippen LogP contribution in [0.2, 0.25) is 0 Å². The second-order valence-corrected chi connectivity index (χ2v) is 7.57. The number of rotatable bonds is 8. The quantitative estimate of drug-likeness (QED) is 0.397. The summed E-state index contributed by atoms with van der Waals surface area (Å²) >= 11 is 0. The number of nitrogens with one attached hydrogen (secondary N) is 2. The molecule has 1 amide bonds. The van der Waals surface area contributed by atoms with Crippen molar-refractivity contribution >= 4 is 36.1 Å². The van der Waals surface area contributed by atoms with Gasteiger partial charge in [-0.15, -0.1) is 0 Å². The van der Waals surface area contributed by atoms with Gasteiger partial charge >= 0.3 is 0 Å². The molecule has 0 spiro atoms. The molecule has 0 aliphatic carbocycles. The zero-order chi connectivity index (χ0) is 23.2. The van der Waals surface area contributed by atoms with Gasteiger partial charge in [0.1, 0.15) is 18.8 Å². The van der Waals surface area contributed by atoms with Crippen LogP contribution < -0.4 is 10.6 Å². The van der Waals surface area contributed by atoms with Gasteiger partial charge in [0.2, 0.25) is 0 Å². The molecule has 1 aromatic carbocycles. The van der Waals surface area contributed by atoms with Crippen molar-refractivity contribution in [3.05, 3.63) is 72.2 Å². The fourth-order valence-corrected chi connectivity index (χ4v) is 3.60. The lowest BCUT2D eigenvalue weighted by Crippen LogP contribution is -2.18. The molecule has 0 unspecified atom stereocenters. The molecule has 0 aliphatic rings. The smallest absolute Gasteiger partial charge is 0.251 e. The third-order valence-corrected chi connectivity index (χ3v) is 5.34. The van der Waals surface area contributed by atoms with E-state index in [1.165, 1.54) is 6.33 Å². The van der Waals surface area contributed by atoms with Crippen molar-refractivity contribution in [2.45, 2.75) is 19.4 Å². The molecule has 0 saturated heterocycles. The lowest BCUT2D eigenvalue weighted by atomic mass is 9.96. The van der Waals surface area contributed by atoms with Crippen LogP contribution in [-0.2, 0) is 11.3 Å². The third-order valence-electron chi connectivity index (χ3n) is 5.34. The molecule has 3 heterocycles. The molecule has 0 aliphatic heterocycles. The van der Waals surface area contributed by atoms with Gasteiger partial charge in [-0.05, 0) is 11.6 Å². The Bertz CT molecular complexity index is 1270. The normalized spacial score (nSPS) is 11.5. The highest BCUT2D eigenvalue weighted by atomic mass is 32.1.